The number of aromatic nitrogens is 3. The largest absolute Gasteiger partial charge is 0.497 e. The number of anilines is 1. The second kappa shape index (κ2) is 10.4. The van der Waals surface area contributed by atoms with Gasteiger partial charge in [0.2, 0.25) is 5.91 Å². The molecular formula is C22H24F2N4O3S. The average molecular weight is 463 g/mol. The lowest BCUT2D eigenvalue weighted by Gasteiger charge is -2.19. The van der Waals surface area contributed by atoms with Gasteiger partial charge in [0, 0.05) is 12.1 Å². The van der Waals surface area contributed by atoms with Crippen LogP contribution >= 0.6 is 11.8 Å². The molecule has 1 amide bonds. The van der Waals surface area contributed by atoms with Gasteiger partial charge in [-0.25, -0.2) is 8.78 Å². The van der Waals surface area contributed by atoms with Crippen molar-refractivity contribution in [3.05, 3.63) is 59.9 Å². The van der Waals surface area contributed by atoms with Crippen LogP contribution in [0.25, 0.3) is 0 Å². The molecule has 0 radical (unpaired) electrons. The van der Waals surface area contributed by atoms with Gasteiger partial charge in [-0.3, -0.25) is 4.79 Å². The van der Waals surface area contributed by atoms with Crippen molar-refractivity contribution in [2.24, 2.45) is 0 Å². The first-order valence-electron chi connectivity index (χ1n) is 9.91. The van der Waals surface area contributed by atoms with Gasteiger partial charge in [0.25, 0.3) is 0 Å². The Bertz CT molecular complexity index is 1070. The van der Waals surface area contributed by atoms with Crippen molar-refractivity contribution < 1.29 is 23.0 Å². The van der Waals surface area contributed by atoms with Crippen LogP contribution in [-0.4, -0.2) is 33.5 Å². The molecule has 170 valence electrons. The smallest absolute Gasteiger partial charge is 0.234 e. The highest BCUT2D eigenvalue weighted by Crippen LogP contribution is 2.28. The van der Waals surface area contributed by atoms with Gasteiger partial charge in [-0.15, -0.1) is 10.2 Å². The highest BCUT2D eigenvalue weighted by atomic mass is 32.2. The number of ether oxygens (including phenoxy) is 2. The molecule has 1 heterocycles. The van der Waals surface area contributed by atoms with Gasteiger partial charge >= 0.3 is 0 Å². The lowest BCUT2D eigenvalue weighted by atomic mass is 10.3. The molecule has 0 bridgehead atoms. The van der Waals surface area contributed by atoms with Crippen molar-refractivity contribution in [2.45, 2.75) is 38.1 Å². The number of carbonyl (C=O) groups is 1. The van der Waals surface area contributed by atoms with Gasteiger partial charge in [-0.05, 0) is 57.2 Å². The van der Waals surface area contributed by atoms with E-state index in [1.165, 1.54) is 17.8 Å². The summed E-state index contributed by atoms with van der Waals surface area (Å²) in [6, 6.07) is 10.2. The number of nitrogens with zero attached hydrogens (tertiary/aromatic N) is 3. The van der Waals surface area contributed by atoms with Crippen LogP contribution in [-0.2, 0) is 4.79 Å². The topological polar surface area (TPSA) is 78.3 Å². The van der Waals surface area contributed by atoms with E-state index in [-0.39, 0.29) is 17.5 Å². The zero-order valence-electron chi connectivity index (χ0n) is 18.1. The fraction of sp³-hybridized carbons (Fsp3) is 0.318. The van der Waals surface area contributed by atoms with Crippen molar-refractivity contribution >= 4 is 23.4 Å². The van der Waals surface area contributed by atoms with Crippen LogP contribution in [0.15, 0.2) is 47.6 Å². The standard InChI is InChI=1S/C22H24F2N4O3S/c1-13(2)28-21(14(3)31-17-8-6-16(30-4)7-9-17)26-27-22(28)32-12-20(29)25-19-10-5-15(23)11-18(19)24/h5-11,13-14H,12H2,1-4H3,(H,25,29). The van der Waals surface area contributed by atoms with E-state index in [0.29, 0.717) is 22.8 Å². The summed E-state index contributed by atoms with van der Waals surface area (Å²) in [6.45, 7) is 5.82. The fourth-order valence-corrected chi connectivity index (χ4v) is 3.84. The molecule has 0 saturated heterocycles. The lowest BCUT2D eigenvalue weighted by Crippen LogP contribution is -2.17. The fourth-order valence-electron chi connectivity index (χ4n) is 2.97. The van der Waals surface area contributed by atoms with Crippen molar-refractivity contribution in [1.29, 1.82) is 0 Å². The number of amides is 1. The average Bonchev–Trinajstić information content (AvgIpc) is 3.19. The first-order chi connectivity index (χ1) is 15.3. The summed E-state index contributed by atoms with van der Waals surface area (Å²) in [5.74, 6) is -0.000455. The quantitative estimate of drug-likeness (QED) is 0.450. The first-order valence-corrected chi connectivity index (χ1v) is 10.9. The molecule has 1 N–H and O–H groups in total. The van der Waals surface area contributed by atoms with Crippen molar-refractivity contribution in [3.8, 4) is 11.5 Å². The zero-order chi connectivity index (χ0) is 23.3. The van der Waals surface area contributed by atoms with Crippen molar-refractivity contribution in [1.82, 2.24) is 14.8 Å². The minimum Gasteiger partial charge on any atom is -0.497 e. The molecule has 7 nitrogen and oxygen atoms in total. The van der Waals surface area contributed by atoms with E-state index in [1.807, 2.05) is 25.3 Å². The molecule has 3 aromatic rings. The van der Waals surface area contributed by atoms with E-state index in [2.05, 4.69) is 15.5 Å². The molecule has 0 aliphatic rings. The van der Waals surface area contributed by atoms with Crippen LogP contribution in [0.5, 0.6) is 11.5 Å². The van der Waals surface area contributed by atoms with Crippen LogP contribution in [0.1, 0.15) is 38.7 Å². The Hall–Kier alpha value is -3.14. The van der Waals surface area contributed by atoms with E-state index in [1.54, 1.807) is 31.4 Å². The summed E-state index contributed by atoms with van der Waals surface area (Å²) < 4.78 is 39.8. The minimum absolute atomic E-state index is 0.0158. The molecule has 1 unspecified atom stereocenters. The number of hydrogen-bond acceptors (Lipinski definition) is 6. The number of carbonyl (C=O) groups excluding carboxylic acids is 1. The predicted octanol–water partition coefficient (Wildman–Crippen LogP) is 5.02. The number of methoxy groups -OCH3 is 1. The molecule has 3 rings (SSSR count). The maximum atomic E-state index is 13.7. The van der Waals surface area contributed by atoms with Gasteiger partial charge in [0.1, 0.15) is 23.1 Å². The van der Waals surface area contributed by atoms with Crippen LogP contribution in [0.2, 0.25) is 0 Å². The molecule has 1 aromatic heterocycles. The molecule has 0 fully saturated rings. The van der Waals surface area contributed by atoms with Crippen LogP contribution in [0.3, 0.4) is 0 Å². The molecule has 0 spiro atoms. The zero-order valence-corrected chi connectivity index (χ0v) is 19.0. The number of hydrogen-bond donors (Lipinski definition) is 1. The number of halogens is 2. The number of benzene rings is 2. The molecule has 0 saturated carbocycles. The van der Waals surface area contributed by atoms with Gasteiger partial charge < -0.3 is 19.4 Å². The van der Waals surface area contributed by atoms with Gasteiger partial charge in [0.15, 0.2) is 17.1 Å². The summed E-state index contributed by atoms with van der Waals surface area (Å²) in [7, 11) is 1.60. The summed E-state index contributed by atoms with van der Waals surface area (Å²) in [4.78, 5) is 12.3. The van der Waals surface area contributed by atoms with E-state index in [0.717, 1.165) is 11.8 Å². The maximum absolute atomic E-state index is 13.7. The SMILES string of the molecule is COc1ccc(OC(C)c2nnc(SCC(=O)Nc3ccc(F)cc3F)n2C(C)C)cc1. The molecule has 10 heteroatoms. The predicted molar refractivity (Wildman–Crippen MR) is 118 cm³/mol. The van der Waals surface area contributed by atoms with Gasteiger partial charge in [0.05, 0.1) is 18.6 Å². The number of nitrogens with one attached hydrogen (secondary N) is 1. The maximum Gasteiger partial charge on any atom is 0.234 e. The highest BCUT2D eigenvalue weighted by molar-refractivity contribution is 7.99. The summed E-state index contributed by atoms with van der Waals surface area (Å²) in [6.07, 6.45) is -0.394. The number of rotatable bonds is 9. The number of thioether (sulfide) groups is 1. The molecular weight excluding hydrogens is 438 g/mol. The Morgan fingerprint density at radius 2 is 1.78 bits per heavy atom. The van der Waals surface area contributed by atoms with Gasteiger partial charge in [-0.2, -0.15) is 0 Å². The normalized spacial score (nSPS) is 12.0. The highest BCUT2D eigenvalue weighted by Gasteiger charge is 2.22. The van der Waals surface area contributed by atoms with E-state index in [9.17, 15) is 13.6 Å². The first kappa shape index (κ1) is 23.5. The minimum atomic E-state index is -0.833. The monoisotopic (exact) mass is 462 g/mol. The lowest BCUT2D eigenvalue weighted by molar-refractivity contribution is -0.113. The summed E-state index contributed by atoms with van der Waals surface area (Å²) >= 11 is 1.17. The van der Waals surface area contributed by atoms with Crippen molar-refractivity contribution in [3.63, 3.8) is 0 Å². The summed E-state index contributed by atoms with van der Waals surface area (Å²) in [5.41, 5.74) is -0.0791. The van der Waals surface area contributed by atoms with Crippen LogP contribution in [0, 0.1) is 11.6 Å². The Morgan fingerprint density at radius 3 is 2.41 bits per heavy atom. The van der Waals surface area contributed by atoms with Crippen LogP contribution in [0.4, 0.5) is 14.5 Å². The summed E-state index contributed by atoms with van der Waals surface area (Å²) in [5, 5.41) is 11.4. The molecule has 2 aromatic carbocycles. The molecule has 32 heavy (non-hydrogen) atoms. The Balaban J connectivity index is 1.67. The van der Waals surface area contributed by atoms with Gasteiger partial charge in [-0.1, -0.05) is 11.8 Å². The van der Waals surface area contributed by atoms with E-state index < -0.39 is 23.6 Å². The van der Waals surface area contributed by atoms with E-state index in [4.69, 9.17) is 9.47 Å². The Kier molecular flexibility index (Phi) is 7.68. The van der Waals surface area contributed by atoms with E-state index >= 15 is 0 Å². The molecule has 1 atom stereocenters. The van der Waals surface area contributed by atoms with Crippen molar-refractivity contribution in [2.75, 3.05) is 18.2 Å². The Morgan fingerprint density at radius 1 is 1.09 bits per heavy atom. The Labute approximate surface area is 189 Å². The second-order valence-electron chi connectivity index (χ2n) is 7.20. The third kappa shape index (κ3) is 5.76. The third-order valence-electron chi connectivity index (χ3n) is 4.48. The molecule has 0 aliphatic heterocycles. The second-order valence-corrected chi connectivity index (χ2v) is 8.14. The third-order valence-corrected chi connectivity index (χ3v) is 5.42. The molecule has 0 aliphatic carbocycles. The van der Waals surface area contributed by atoms with Crippen LogP contribution < -0.4 is 14.8 Å².